The molecule has 29 heavy (non-hydrogen) atoms. The molecule has 1 N–H and O–H groups in total. The van der Waals surface area contributed by atoms with Crippen LogP contribution in [0.15, 0.2) is 23.1 Å². The van der Waals surface area contributed by atoms with E-state index in [9.17, 15) is 13.2 Å². The van der Waals surface area contributed by atoms with Gasteiger partial charge < -0.3 is 5.32 Å². The monoisotopic (exact) mass is 438 g/mol. The Morgan fingerprint density at radius 2 is 1.72 bits per heavy atom. The van der Waals surface area contributed by atoms with Gasteiger partial charge in [0.15, 0.2) is 0 Å². The van der Waals surface area contributed by atoms with Crippen molar-refractivity contribution in [3.8, 4) is 0 Å². The van der Waals surface area contributed by atoms with Gasteiger partial charge in [0.2, 0.25) is 10.0 Å². The number of sulfonamides is 1. The number of benzene rings is 1. The van der Waals surface area contributed by atoms with Crippen molar-refractivity contribution >= 4 is 27.5 Å². The largest absolute Gasteiger partial charge is 0.349 e. The maximum Gasteiger partial charge on any atom is 0.253 e. The molecule has 4 bridgehead atoms. The number of carbonyl (C=O) groups is 1. The molecule has 4 saturated carbocycles. The molecular formula is C22H31ClN2O3S. The Hall–Kier alpha value is -1.11. The third-order valence-electron chi connectivity index (χ3n) is 7.50. The minimum absolute atomic E-state index is 0.0832. The topological polar surface area (TPSA) is 66.5 Å². The number of hydrogen-bond acceptors (Lipinski definition) is 3. The number of nitrogens with one attached hydrogen (secondary N) is 1. The van der Waals surface area contributed by atoms with E-state index in [1.54, 1.807) is 0 Å². The highest BCUT2D eigenvalue weighted by molar-refractivity contribution is 7.89. The Bertz CT molecular complexity index is 877. The second kappa shape index (κ2) is 7.54. The van der Waals surface area contributed by atoms with Gasteiger partial charge in [-0.3, -0.25) is 4.79 Å². The summed E-state index contributed by atoms with van der Waals surface area (Å²) in [6, 6.07) is 4.46. The van der Waals surface area contributed by atoms with Crippen molar-refractivity contribution in [2.75, 3.05) is 14.1 Å². The zero-order valence-corrected chi connectivity index (χ0v) is 19.0. The lowest BCUT2D eigenvalue weighted by Crippen LogP contribution is -2.56. The summed E-state index contributed by atoms with van der Waals surface area (Å²) < 4.78 is 26.1. The fourth-order valence-electron chi connectivity index (χ4n) is 6.58. The van der Waals surface area contributed by atoms with Gasteiger partial charge in [-0.25, -0.2) is 12.7 Å². The molecule has 4 aliphatic carbocycles. The molecule has 0 aliphatic heterocycles. The summed E-state index contributed by atoms with van der Waals surface area (Å²) in [6.07, 6.45) is 8.59. The van der Waals surface area contributed by atoms with Gasteiger partial charge in [-0.15, -0.1) is 0 Å². The molecule has 1 atom stereocenters. The Morgan fingerprint density at radius 1 is 1.17 bits per heavy atom. The smallest absolute Gasteiger partial charge is 0.253 e. The molecule has 0 saturated heterocycles. The number of halogens is 1. The van der Waals surface area contributed by atoms with Gasteiger partial charge in [0.1, 0.15) is 0 Å². The number of rotatable bonds is 6. The van der Waals surface area contributed by atoms with Crippen molar-refractivity contribution in [3.05, 3.63) is 28.8 Å². The van der Waals surface area contributed by atoms with Gasteiger partial charge in [-0.05, 0) is 86.3 Å². The van der Waals surface area contributed by atoms with E-state index in [1.807, 2.05) is 0 Å². The summed E-state index contributed by atoms with van der Waals surface area (Å²) >= 11 is 6.30. The van der Waals surface area contributed by atoms with Crippen molar-refractivity contribution in [3.63, 3.8) is 0 Å². The van der Waals surface area contributed by atoms with Crippen LogP contribution in [0.3, 0.4) is 0 Å². The second-order valence-corrected chi connectivity index (χ2v) is 12.2. The maximum absolute atomic E-state index is 13.2. The molecular weight excluding hydrogens is 408 g/mol. The summed E-state index contributed by atoms with van der Waals surface area (Å²) in [5, 5.41) is 3.54. The molecule has 0 heterocycles. The van der Waals surface area contributed by atoms with Crippen molar-refractivity contribution in [1.82, 2.24) is 9.62 Å². The molecule has 5 rings (SSSR count). The molecule has 1 amide bonds. The van der Waals surface area contributed by atoms with Crippen LogP contribution >= 0.6 is 11.6 Å². The Morgan fingerprint density at radius 3 is 2.21 bits per heavy atom. The van der Waals surface area contributed by atoms with Crippen LogP contribution in [0, 0.1) is 23.2 Å². The molecule has 4 fully saturated rings. The van der Waals surface area contributed by atoms with E-state index in [1.165, 1.54) is 70.8 Å². The van der Waals surface area contributed by atoms with Gasteiger partial charge in [-0.2, -0.15) is 0 Å². The van der Waals surface area contributed by atoms with Crippen LogP contribution in [0.25, 0.3) is 0 Å². The van der Waals surface area contributed by atoms with Crippen molar-refractivity contribution < 1.29 is 13.2 Å². The van der Waals surface area contributed by atoms with Gasteiger partial charge in [0.25, 0.3) is 5.91 Å². The number of nitrogens with zero attached hydrogens (tertiary/aromatic N) is 1. The van der Waals surface area contributed by atoms with Gasteiger partial charge in [0.05, 0.1) is 15.5 Å². The maximum atomic E-state index is 13.2. The first-order chi connectivity index (χ1) is 13.6. The van der Waals surface area contributed by atoms with Crippen LogP contribution in [0.4, 0.5) is 0 Å². The third-order valence-corrected chi connectivity index (χ3v) is 9.64. The highest BCUT2D eigenvalue weighted by Crippen LogP contribution is 2.61. The normalized spacial score (nSPS) is 31.8. The van der Waals surface area contributed by atoms with Crippen LogP contribution in [-0.4, -0.2) is 38.8 Å². The first kappa shape index (κ1) is 21.1. The Balaban J connectivity index is 1.59. The van der Waals surface area contributed by atoms with Gasteiger partial charge in [0, 0.05) is 20.1 Å². The number of hydrogen-bond donors (Lipinski definition) is 1. The predicted octanol–water partition coefficient (Wildman–Crippen LogP) is 4.32. The second-order valence-electron chi connectivity index (χ2n) is 9.64. The SMILES string of the molecule is CCC(NC(=O)c1cc(S(=O)(=O)N(C)C)ccc1Cl)C12CC3CC(CC(C3)C1)C2. The van der Waals surface area contributed by atoms with Crippen LogP contribution in [0.2, 0.25) is 5.02 Å². The van der Waals surface area contributed by atoms with E-state index < -0.39 is 10.0 Å². The van der Waals surface area contributed by atoms with Crippen molar-refractivity contribution in [2.45, 2.75) is 62.8 Å². The van der Waals surface area contributed by atoms with Gasteiger partial charge >= 0.3 is 0 Å². The summed E-state index contributed by atoms with van der Waals surface area (Å²) in [5.41, 5.74) is 0.427. The van der Waals surface area contributed by atoms with E-state index in [0.29, 0.717) is 0 Å². The lowest BCUT2D eigenvalue weighted by atomic mass is 9.47. The summed E-state index contributed by atoms with van der Waals surface area (Å²) in [5.74, 6) is 2.16. The van der Waals surface area contributed by atoms with Crippen LogP contribution in [0.5, 0.6) is 0 Å². The van der Waals surface area contributed by atoms with Crippen molar-refractivity contribution in [1.29, 1.82) is 0 Å². The van der Waals surface area contributed by atoms with Crippen LogP contribution < -0.4 is 5.32 Å². The standard InChI is InChI=1S/C22H31ClN2O3S/c1-4-20(22-11-14-7-15(12-22)9-16(8-14)13-22)24-21(26)18-10-17(5-6-19(18)23)29(27,28)25(2)3/h5-6,10,14-16,20H,4,7-9,11-13H2,1-3H3,(H,24,26). The molecule has 4 aliphatic rings. The fourth-order valence-corrected chi connectivity index (χ4v) is 7.71. The lowest BCUT2D eigenvalue weighted by Gasteiger charge is -2.59. The van der Waals surface area contributed by atoms with E-state index in [2.05, 4.69) is 12.2 Å². The molecule has 0 aromatic heterocycles. The average molecular weight is 439 g/mol. The number of carbonyl (C=O) groups excluding carboxylic acids is 1. The first-order valence-electron chi connectivity index (χ1n) is 10.7. The summed E-state index contributed by atoms with van der Waals surface area (Å²) in [6.45, 7) is 2.14. The van der Waals surface area contributed by atoms with E-state index >= 15 is 0 Å². The number of amides is 1. The van der Waals surface area contributed by atoms with E-state index in [0.717, 1.165) is 28.5 Å². The molecule has 1 unspecified atom stereocenters. The highest BCUT2D eigenvalue weighted by atomic mass is 35.5. The quantitative estimate of drug-likeness (QED) is 0.719. The van der Waals surface area contributed by atoms with E-state index in [4.69, 9.17) is 11.6 Å². The molecule has 0 spiro atoms. The highest BCUT2D eigenvalue weighted by Gasteiger charge is 2.54. The summed E-state index contributed by atoms with van der Waals surface area (Å²) in [7, 11) is -0.674. The molecule has 0 radical (unpaired) electrons. The molecule has 5 nitrogen and oxygen atoms in total. The predicted molar refractivity (Wildman–Crippen MR) is 114 cm³/mol. The molecule has 1 aromatic carbocycles. The molecule has 7 heteroatoms. The van der Waals surface area contributed by atoms with Gasteiger partial charge in [-0.1, -0.05) is 18.5 Å². The molecule has 1 aromatic rings. The Kier molecular flexibility index (Phi) is 5.50. The zero-order valence-electron chi connectivity index (χ0n) is 17.4. The third kappa shape index (κ3) is 3.72. The van der Waals surface area contributed by atoms with Crippen molar-refractivity contribution in [2.24, 2.45) is 23.2 Å². The van der Waals surface area contributed by atoms with Crippen LogP contribution in [0.1, 0.15) is 62.2 Å². The lowest BCUT2D eigenvalue weighted by molar-refractivity contribution is -0.0727. The minimum Gasteiger partial charge on any atom is -0.349 e. The minimum atomic E-state index is -3.63. The first-order valence-corrected chi connectivity index (χ1v) is 12.5. The zero-order chi connectivity index (χ0) is 21.0. The average Bonchev–Trinajstić information content (AvgIpc) is 2.64. The Labute approximate surface area is 179 Å². The molecule has 160 valence electrons. The summed E-state index contributed by atoms with van der Waals surface area (Å²) in [4.78, 5) is 13.3. The van der Waals surface area contributed by atoms with Crippen LogP contribution in [-0.2, 0) is 10.0 Å². The fraction of sp³-hybridized carbons (Fsp3) is 0.682. The van der Waals surface area contributed by atoms with E-state index in [-0.39, 0.29) is 32.8 Å².